The molecule has 0 fully saturated rings. The van der Waals surface area contributed by atoms with E-state index in [-0.39, 0.29) is 0 Å². The molecule has 0 saturated carbocycles. The van der Waals surface area contributed by atoms with Crippen LogP contribution in [0.1, 0.15) is 60.3 Å². The molecule has 0 heterocycles. The number of hydrogen-bond acceptors (Lipinski definition) is 1. The Morgan fingerprint density at radius 3 is 2.14 bits per heavy atom. The first kappa shape index (κ1) is 13.7. The van der Waals surface area contributed by atoms with Crippen LogP contribution in [0.25, 0.3) is 0 Å². The first-order chi connectivity index (χ1) is 6.47. The van der Waals surface area contributed by atoms with Crippen molar-refractivity contribution < 1.29 is 0 Å². The fourth-order valence-corrected chi connectivity index (χ4v) is 2.16. The average Bonchev–Trinajstić information content (AvgIpc) is 2.02. The Balaban J connectivity index is 3.81. The minimum Gasteiger partial charge on any atom is -0.310 e. The van der Waals surface area contributed by atoms with Crippen molar-refractivity contribution in [1.29, 1.82) is 5.41 Å². The SMILES string of the molecule is CCCC(C)CC(C)C(C)CC(C)=N. The Hall–Kier alpha value is -0.330. The maximum Gasteiger partial charge on any atom is 0.00609 e. The van der Waals surface area contributed by atoms with Crippen LogP contribution in [0.4, 0.5) is 0 Å². The highest BCUT2D eigenvalue weighted by atomic mass is 14.4. The summed E-state index contributed by atoms with van der Waals surface area (Å²) >= 11 is 0. The van der Waals surface area contributed by atoms with E-state index in [9.17, 15) is 0 Å². The molecule has 1 N–H and O–H groups in total. The Bertz CT molecular complexity index is 163. The molecule has 3 atom stereocenters. The van der Waals surface area contributed by atoms with Crippen molar-refractivity contribution in [2.24, 2.45) is 17.8 Å². The van der Waals surface area contributed by atoms with E-state index < -0.39 is 0 Å². The van der Waals surface area contributed by atoms with Gasteiger partial charge in [0.15, 0.2) is 0 Å². The summed E-state index contributed by atoms with van der Waals surface area (Å²) in [5.74, 6) is 2.28. The quantitative estimate of drug-likeness (QED) is 0.580. The summed E-state index contributed by atoms with van der Waals surface area (Å²) in [5.41, 5.74) is 0.826. The Kier molecular flexibility index (Phi) is 6.86. The van der Waals surface area contributed by atoms with Crippen LogP contribution in [0.5, 0.6) is 0 Å². The van der Waals surface area contributed by atoms with Gasteiger partial charge in [-0.3, -0.25) is 0 Å². The molecule has 0 radical (unpaired) electrons. The van der Waals surface area contributed by atoms with Crippen molar-refractivity contribution in [1.82, 2.24) is 0 Å². The largest absolute Gasteiger partial charge is 0.310 e. The second-order valence-corrected chi connectivity index (χ2v) is 5.07. The molecule has 1 heteroatoms. The molecule has 0 aromatic rings. The standard InChI is InChI=1S/C13H27N/c1-6-7-10(2)8-11(3)12(4)9-13(5)14/h10-12,14H,6-9H2,1-5H3. The van der Waals surface area contributed by atoms with E-state index in [4.69, 9.17) is 5.41 Å². The summed E-state index contributed by atoms with van der Waals surface area (Å²) in [7, 11) is 0. The van der Waals surface area contributed by atoms with Gasteiger partial charge in [0, 0.05) is 5.71 Å². The number of hydrogen-bond donors (Lipinski definition) is 1. The molecule has 1 nitrogen and oxygen atoms in total. The van der Waals surface area contributed by atoms with Gasteiger partial charge in [0.2, 0.25) is 0 Å². The molecule has 0 aromatic carbocycles. The van der Waals surface area contributed by atoms with Crippen LogP contribution in [0.3, 0.4) is 0 Å². The Morgan fingerprint density at radius 1 is 1.14 bits per heavy atom. The minimum atomic E-state index is 0.673. The molecular formula is C13H27N. The van der Waals surface area contributed by atoms with Gasteiger partial charge < -0.3 is 5.41 Å². The summed E-state index contributed by atoms with van der Waals surface area (Å²) < 4.78 is 0. The first-order valence-corrected chi connectivity index (χ1v) is 6.01. The maximum atomic E-state index is 7.48. The molecule has 0 spiro atoms. The van der Waals surface area contributed by atoms with E-state index in [1.807, 2.05) is 6.92 Å². The van der Waals surface area contributed by atoms with Crippen molar-refractivity contribution in [3.8, 4) is 0 Å². The van der Waals surface area contributed by atoms with E-state index in [0.29, 0.717) is 5.92 Å². The number of nitrogens with one attached hydrogen (secondary N) is 1. The highest BCUT2D eigenvalue weighted by Crippen LogP contribution is 2.24. The van der Waals surface area contributed by atoms with Crippen LogP contribution in [0.15, 0.2) is 0 Å². The topological polar surface area (TPSA) is 23.9 Å². The lowest BCUT2D eigenvalue weighted by molar-refractivity contribution is 0.309. The summed E-state index contributed by atoms with van der Waals surface area (Å²) in [6, 6.07) is 0. The molecule has 0 rings (SSSR count). The van der Waals surface area contributed by atoms with Gasteiger partial charge in [0.1, 0.15) is 0 Å². The summed E-state index contributed by atoms with van der Waals surface area (Å²) in [4.78, 5) is 0. The van der Waals surface area contributed by atoms with Crippen molar-refractivity contribution in [3.63, 3.8) is 0 Å². The zero-order valence-electron chi connectivity index (χ0n) is 10.6. The summed E-state index contributed by atoms with van der Waals surface area (Å²) in [6.45, 7) is 11.1. The monoisotopic (exact) mass is 197 g/mol. The van der Waals surface area contributed by atoms with E-state index >= 15 is 0 Å². The lowest BCUT2D eigenvalue weighted by Crippen LogP contribution is -2.14. The molecule has 0 aromatic heterocycles. The Morgan fingerprint density at radius 2 is 1.71 bits per heavy atom. The van der Waals surface area contributed by atoms with Crippen molar-refractivity contribution in [3.05, 3.63) is 0 Å². The minimum absolute atomic E-state index is 0.673. The van der Waals surface area contributed by atoms with Crippen molar-refractivity contribution in [2.75, 3.05) is 0 Å². The van der Waals surface area contributed by atoms with Gasteiger partial charge in [-0.2, -0.15) is 0 Å². The van der Waals surface area contributed by atoms with Gasteiger partial charge in [-0.25, -0.2) is 0 Å². The van der Waals surface area contributed by atoms with Crippen LogP contribution < -0.4 is 0 Å². The second kappa shape index (κ2) is 7.03. The first-order valence-electron chi connectivity index (χ1n) is 6.01. The second-order valence-electron chi connectivity index (χ2n) is 5.07. The van der Waals surface area contributed by atoms with Crippen LogP contribution in [0.2, 0.25) is 0 Å². The third-order valence-corrected chi connectivity index (χ3v) is 3.16. The predicted octanol–water partition coefficient (Wildman–Crippen LogP) is 4.51. The molecule has 14 heavy (non-hydrogen) atoms. The highest BCUT2D eigenvalue weighted by molar-refractivity contribution is 5.78. The van der Waals surface area contributed by atoms with Crippen LogP contribution in [-0.4, -0.2) is 5.71 Å². The zero-order valence-corrected chi connectivity index (χ0v) is 10.6. The summed E-state index contributed by atoms with van der Waals surface area (Å²) in [5, 5.41) is 7.48. The van der Waals surface area contributed by atoms with Gasteiger partial charge in [0.05, 0.1) is 0 Å². The van der Waals surface area contributed by atoms with Crippen molar-refractivity contribution >= 4 is 5.71 Å². The van der Waals surface area contributed by atoms with Gasteiger partial charge in [-0.05, 0) is 37.5 Å². The van der Waals surface area contributed by atoms with Gasteiger partial charge in [0.25, 0.3) is 0 Å². The molecule has 0 bridgehead atoms. The zero-order chi connectivity index (χ0) is 11.1. The lowest BCUT2D eigenvalue weighted by atomic mass is 9.83. The predicted molar refractivity (Wildman–Crippen MR) is 65.0 cm³/mol. The van der Waals surface area contributed by atoms with Gasteiger partial charge in [-0.15, -0.1) is 0 Å². The van der Waals surface area contributed by atoms with Crippen LogP contribution in [0, 0.1) is 23.2 Å². The molecule has 0 aliphatic carbocycles. The molecule has 0 amide bonds. The molecular weight excluding hydrogens is 170 g/mol. The maximum absolute atomic E-state index is 7.48. The average molecular weight is 197 g/mol. The third-order valence-electron chi connectivity index (χ3n) is 3.16. The van der Waals surface area contributed by atoms with E-state index in [2.05, 4.69) is 27.7 Å². The lowest BCUT2D eigenvalue weighted by Gasteiger charge is -2.22. The fourth-order valence-electron chi connectivity index (χ4n) is 2.16. The van der Waals surface area contributed by atoms with E-state index in [1.165, 1.54) is 19.3 Å². The smallest absolute Gasteiger partial charge is 0.00609 e. The van der Waals surface area contributed by atoms with Crippen LogP contribution >= 0.6 is 0 Å². The molecule has 3 unspecified atom stereocenters. The Labute approximate surface area is 89.8 Å². The molecule has 0 aliphatic heterocycles. The highest BCUT2D eigenvalue weighted by Gasteiger charge is 2.15. The molecule has 0 saturated heterocycles. The van der Waals surface area contributed by atoms with Gasteiger partial charge in [-0.1, -0.05) is 40.5 Å². The van der Waals surface area contributed by atoms with Gasteiger partial charge >= 0.3 is 0 Å². The van der Waals surface area contributed by atoms with E-state index in [0.717, 1.165) is 24.0 Å². The third kappa shape index (κ3) is 6.17. The summed E-state index contributed by atoms with van der Waals surface area (Å²) in [6.07, 6.45) is 4.94. The molecule has 0 aliphatic rings. The molecule has 84 valence electrons. The number of rotatable bonds is 7. The fraction of sp³-hybridized carbons (Fsp3) is 0.923. The van der Waals surface area contributed by atoms with Crippen molar-refractivity contribution in [2.45, 2.75) is 60.3 Å². The van der Waals surface area contributed by atoms with Crippen LogP contribution in [-0.2, 0) is 0 Å². The normalized spacial score (nSPS) is 17.5. The van der Waals surface area contributed by atoms with E-state index in [1.54, 1.807) is 0 Å².